The first kappa shape index (κ1) is 18.6. The number of nitrogens with two attached hydrogens (primary N) is 1. The van der Waals surface area contributed by atoms with Crippen molar-refractivity contribution in [2.24, 2.45) is 5.73 Å². The molecule has 0 radical (unpaired) electrons. The summed E-state index contributed by atoms with van der Waals surface area (Å²) in [7, 11) is 0. The summed E-state index contributed by atoms with van der Waals surface area (Å²) in [6.45, 7) is 1.01. The zero-order chi connectivity index (χ0) is 18.7. The maximum absolute atomic E-state index is 12.3. The summed E-state index contributed by atoms with van der Waals surface area (Å²) < 4.78 is 2.03. The molecular formula is C18H16Cl2N4OS. The molecule has 0 aliphatic heterocycles. The van der Waals surface area contributed by atoms with Crippen LogP contribution in [0, 0.1) is 5.41 Å². The monoisotopic (exact) mass is 406 g/mol. The fraction of sp³-hybridized carbons (Fsp3) is 0.111. The normalized spacial score (nSPS) is 10.8. The minimum Gasteiger partial charge on any atom is -0.378 e. The van der Waals surface area contributed by atoms with E-state index in [9.17, 15) is 4.79 Å². The molecule has 1 amide bonds. The number of fused-ring (bicyclic) bond motifs is 1. The van der Waals surface area contributed by atoms with E-state index in [2.05, 4.69) is 5.32 Å². The predicted octanol–water partition coefficient (Wildman–Crippen LogP) is 4.36. The Bertz CT molecular complexity index is 986. The highest BCUT2D eigenvalue weighted by Gasteiger charge is 2.12. The van der Waals surface area contributed by atoms with Gasteiger partial charge in [-0.1, -0.05) is 53.2 Å². The average Bonchev–Trinajstić information content (AvgIpc) is 2.92. The van der Waals surface area contributed by atoms with Gasteiger partial charge in [-0.05, 0) is 24.3 Å². The Morgan fingerprint density at radius 3 is 2.73 bits per heavy atom. The van der Waals surface area contributed by atoms with Crippen molar-refractivity contribution in [2.45, 2.75) is 11.4 Å². The molecule has 4 N–H and O–H groups in total. The van der Waals surface area contributed by atoms with Gasteiger partial charge in [0.1, 0.15) is 0 Å². The number of carbonyl (C=O) groups excluding carboxylic acids is 1. The van der Waals surface area contributed by atoms with E-state index in [-0.39, 0.29) is 11.1 Å². The predicted molar refractivity (Wildman–Crippen MR) is 109 cm³/mol. The van der Waals surface area contributed by atoms with Crippen molar-refractivity contribution < 1.29 is 4.79 Å². The van der Waals surface area contributed by atoms with Crippen LogP contribution in [0.5, 0.6) is 0 Å². The van der Waals surface area contributed by atoms with Gasteiger partial charge < -0.3 is 15.6 Å². The van der Waals surface area contributed by atoms with Crippen molar-refractivity contribution in [3.05, 3.63) is 64.3 Å². The fourth-order valence-corrected chi connectivity index (χ4v) is 3.85. The minimum atomic E-state index is -0.249. The van der Waals surface area contributed by atoms with Crippen LogP contribution in [-0.2, 0) is 6.54 Å². The van der Waals surface area contributed by atoms with Crippen LogP contribution < -0.4 is 11.1 Å². The molecule has 26 heavy (non-hydrogen) atoms. The second-order valence-electron chi connectivity index (χ2n) is 5.55. The summed E-state index contributed by atoms with van der Waals surface area (Å²) in [6.07, 6.45) is 1.94. The van der Waals surface area contributed by atoms with E-state index in [1.807, 2.05) is 35.0 Å². The first-order chi connectivity index (χ1) is 12.5. The number of halogens is 2. The van der Waals surface area contributed by atoms with Gasteiger partial charge in [0, 0.05) is 40.1 Å². The fourth-order valence-electron chi connectivity index (χ4n) is 2.66. The largest absolute Gasteiger partial charge is 0.378 e. The molecule has 0 saturated heterocycles. The highest BCUT2D eigenvalue weighted by atomic mass is 35.5. The van der Waals surface area contributed by atoms with Crippen molar-refractivity contribution in [1.82, 2.24) is 9.88 Å². The molecule has 0 aliphatic rings. The van der Waals surface area contributed by atoms with Crippen LogP contribution in [0.4, 0.5) is 0 Å². The average molecular weight is 407 g/mol. The van der Waals surface area contributed by atoms with E-state index in [0.29, 0.717) is 28.7 Å². The molecule has 3 rings (SSSR count). The van der Waals surface area contributed by atoms with Crippen molar-refractivity contribution in [3.8, 4) is 0 Å². The third-order valence-corrected chi connectivity index (χ3v) is 5.10. The van der Waals surface area contributed by atoms with E-state index >= 15 is 0 Å². The molecule has 0 spiro atoms. The maximum Gasteiger partial charge on any atom is 0.252 e. The number of thioether (sulfide) groups is 1. The number of benzene rings is 2. The minimum absolute atomic E-state index is 0.0404. The number of aromatic nitrogens is 1. The lowest BCUT2D eigenvalue weighted by atomic mass is 10.2. The highest BCUT2D eigenvalue weighted by Crippen LogP contribution is 2.29. The summed E-state index contributed by atoms with van der Waals surface area (Å²) in [5.41, 5.74) is 6.93. The topological polar surface area (TPSA) is 83.9 Å². The molecule has 2 aromatic carbocycles. The van der Waals surface area contributed by atoms with Gasteiger partial charge >= 0.3 is 0 Å². The molecule has 5 nitrogen and oxygen atoms in total. The van der Waals surface area contributed by atoms with Gasteiger partial charge in [-0.2, -0.15) is 0 Å². The Kier molecular flexibility index (Phi) is 5.76. The van der Waals surface area contributed by atoms with Crippen LogP contribution in [0.25, 0.3) is 10.9 Å². The van der Waals surface area contributed by atoms with Crippen molar-refractivity contribution in [3.63, 3.8) is 0 Å². The number of nitrogens with one attached hydrogen (secondary N) is 2. The van der Waals surface area contributed by atoms with Crippen LogP contribution in [-0.4, -0.2) is 22.2 Å². The van der Waals surface area contributed by atoms with Crippen LogP contribution >= 0.6 is 35.0 Å². The van der Waals surface area contributed by atoms with Gasteiger partial charge in [0.15, 0.2) is 5.17 Å². The standard InChI is InChI=1S/C18H16Cl2N4OS/c19-11-5-6-12(14(20)9-11)17(25)23-7-8-24-10-16(26-18(21)22)13-3-1-2-4-15(13)24/h1-6,9-10H,7-8H2,(H3,21,22)(H,23,25). The molecule has 134 valence electrons. The molecule has 0 unspecified atom stereocenters. The van der Waals surface area contributed by atoms with E-state index in [1.54, 1.807) is 18.2 Å². The first-order valence-corrected chi connectivity index (χ1v) is 9.36. The Labute approximate surface area is 165 Å². The highest BCUT2D eigenvalue weighted by molar-refractivity contribution is 8.13. The van der Waals surface area contributed by atoms with Gasteiger partial charge in [0.25, 0.3) is 5.91 Å². The van der Waals surface area contributed by atoms with Crippen LogP contribution in [0.3, 0.4) is 0 Å². The summed E-state index contributed by atoms with van der Waals surface area (Å²) in [5, 5.41) is 12.2. The Balaban J connectivity index is 1.72. The molecule has 0 fully saturated rings. The smallest absolute Gasteiger partial charge is 0.252 e. The van der Waals surface area contributed by atoms with E-state index < -0.39 is 0 Å². The third-order valence-electron chi connectivity index (χ3n) is 3.79. The number of hydrogen-bond donors (Lipinski definition) is 3. The van der Waals surface area contributed by atoms with Gasteiger partial charge in [0.05, 0.1) is 10.6 Å². The van der Waals surface area contributed by atoms with Gasteiger partial charge in [-0.15, -0.1) is 0 Å². The van der Waals surface area contributed by atoms with Gasteiger partial charge in [-0.25, -0.2) is 0 Å². The molecule has 8 heteroatoms. The molecular weight excluding hydrogens is 391 g/mol. The first-order valence-electron chi connectivity index (χ1n) is 7.78. The van der Waals surface area contributed by atoms with Crippen molar-refractivity contribution >= 4 is 56.9 Å². The Hall–Kier alpha value is -2.15. The number of carbonyl (C=O) groups is 1. The third kappa shape index (κ3) is 4.15. The second-order valence-corrected chi connectivity index (χ2v) is 7.48. The Morgan fingerprint density at radius 1 is 1.23 bits per heavy atom. The summed E-state index contributed by atoms with van der Waals surface area (Å²) >= 11 is 13.1. The molecule has 0 atom stereocenters. The number of amidine groups is 1. The van der Waals surface area contributed by atoms with Crippen molar-refractivity contribution in [2.75, 3.05) is 6.54 Å². The molecule has 0 aliphatic carbocycles. The summed E-state index contributed by atoms with van der Waals surface area (Å²) in [4.78, 5) is 13.2. The lowest BCUT2D eigenvalue weighted by Gasteiger charge is -2.09. The zero-order valence-electron chi connectivity index (χ0n) is 13.6. The molecule has 1 heterocycles. The van der Waals surface area contributed by atoms with Crippen molar-refractivity contribution in [1.29, 1.82) is 5.41 Å². The SMILES string of the molecule is N=C(N)Sc1cn(CCNC(=O)c2ccc(Cl)cc2Cl)c2ccccc12. The molecule has 0 bridgehead atoms. The van der Waals surface area contributed by atoms with E-state index in [1.165, 1.54) is 11.8 Å². The van der Waals surface area contributed by atoms with Gasteiger partial charge in [0.2, 0.25) is 0 Å². The van der Waals surface area contributed by atoms with Gasteiger partial charge in [-0.3, -0.25) is 10.2 Å². The number of hydrogen-bond acceptors (Lipinski definition) is 3. The van der Waals surface area contributed by atoms with Crippen LogP contribution in [0.15, 0.2) is 53.6 Å². The summed E-state index contributed by atoms with van der Waals surface area (Å²) in [6, 6.07) is 12.7. The number of amides is 1. The molecule has 0 saturated carbocycles. The van der Waals surface area contributed by atoms with E-state index in [4.69, 9.17) is 34.3 Å². The van der Waals surface area contributed by atoms with Crippen LogP contribution in [0.2, 0.25) is 10.0 Å². The zero-order valence-corrected chi connectivity index (χ0v) is 16.0. The lowest BCUT2D eigenvalue weighted by molar-refractivity contribution is 0.0952. The summed E-state index contributed by atoms with van der Waals surface area (Å²) in [5.74, 6) is -0.249. The number of para-hydroxylation sites is 1. The van der Waals surface area contributed by atoms with Crippen LogP contribution in [0.1, 0.15) is 10.4 Å². The van der Waals surface area contributed by atoms with E-state index in [0.717, 1.165) is 15.8 Å². The molecule has 3 aromatic rings. The maximum atomic E-state index is 12.3. The quantitative estimate of drug-likeness (QED) is 0.334. The second kappa shape index (κ2) is 8.03. The number of rotatable bonds is 5. The number of nitrogens with zero attached hydrogens (tertiary/aromatic N) is 1. The molecule has 1 aromatic heterocycles. The Morgan fingerprint density at radius 2 is 2.00 bits per heavy atom. The lowest BCUT2D eigenvalue weighted by Crippen LogP contribution is -2.27.